The van der Waals surface area contributed by atoms with Crippen molar-refractivity contribution in [2.24, 2.45) is 0 Å². The van der Waals surface area contributed by atoms with E-state index in [2.05, 4.69) is 46.6 Å². The van der Waals surface area contributed by atoms with E-state index in [-0.39, 0.29) is 5.56 Å². The minimum Gasteiger partial charge on any atom is -0.341 e. The van der Waals surface area contributed by atoms with Crippen molar-refractivity contribution in [3.8, 4) is 0 Å². The maximum Gasteiger partial charge on any atom is 0.251 e. The van der Waals surface area contributed by atoms with Crippen LogP contribution in [0.5, 0.6) is 0 Å². The van der Waals surface area contributed by atoms with Gasteiger partial charge in [0.1, 0.15) is 0 Å². The number of fused-ring (bicyclic) bond motifs is 1. The summed E-state index contributed by atoms with van der Waals surface area (Å²) in [6.45, 7) is 4.87. The van der Waals surface area contributed by atoms with Crippen LogP contribution < -0.4 is 5.56 Å². The van der Waals surface area contributed by atoms with E-state index in [0.29, 0.717) is 17.0 Å². The van der Waals surface area contributed by atoms with Gasteiger partial charge >= 0.3 is 0 Å². The van der Waals surface area contributed by atoms with Crippen molar-refractivity contribution in [3.63, 3.8) is 0 Å². The van der Waals surface area contributed by atoms with Crippen LogP contribution in [0.25, 0.3) is 10.9 Å². The molecule has 22 heavy (non-hydrogen) atoms. The molecule has 0 saturated carbocycles. The molecule has 0 amide bonds. The number of aromatic amines is 1. The van der Waals surface area contributed by atoms with E-state index >= 15 is 0 Å². The summed E-state index contributed by atoms with van der Waals surface area (Å²) in [7, 11) is 0. The van der Waals surface area contributed by atoms with Gasteiger partial charge in [-0.2, -0.15) is 0 Å². The highest BCUT2D eigenvalue weighted by molar-refractivity contribution is 7.99. The smallest absolute Gasteiger partial charge is 0.251 e. The normalized spacial score (nSPS) is 12.6. The Hall–Kier alpha value is -2.01. The Morgan fingerprint density at radius 1 is 1.32 bits per heavy atom. The third kappa shape index (κ3) is 3.25. The summed E-state index contributed by atoms with van der Waals surface area (Å²) in [6.07, 6.45) is 3.08. The lowest BCUT2D eigenvalue weighted by Crippen LogP contribution is -2.13. The van der Waals surface area contributed by atoms with E-state index in [0.717, 1.165) is 17.6 Å². The van der Waals surface area contributed by atoms with Crippen LogP contribution >= 0.6 is 11.8 Å². The van der Waals surface area contributed by atoms with E-state index in [4.69, 9.17) is 0 Å². The zero-order valence-corrected chi connectivity index (χ0v) is 13.6. The lowest BCUT2D eigenvalue weighted by Gasteiger charge is -2.09. The number of H-pyrrole nitrogens is 1. The number of nitrogens with one attached hydrogen (secondary N) is 1. The molecule has 1 N–H and O–H groups in total. The predicted octanol–water partition coefficient (Wildman–Crippen LogP) is 3.66. The van der Waals surface area contributed by atoms with E-state index in [1.165, 1.54) is 5.39 Å². The second-order valence-corrected chi connectivity index (χ2v) is 6.81. The first-order valence-electron chi connectivity index (χ1n) is 7.46. The monoisotopic (exact) mass is 313 g/mol. The first-order valence-corrected chi connectivity index (χ1v) is 8.34. The maximum atomic E-state index is 11.9. The van der Waals surface area contributed by atoms with Crippen molar-refractivity contribution in [2.45, 2.75) is 37.2 Å². The minimum atomic E-state index is -0.0905. The van der Waals surface area contributed by atoms with Crippen LogP contribution in [0.15, 0.2) is 52.5 Å². The van der Waals surface area contributed by atoms with Crippen LogP contribution in [0, 0.1) is 0 Å². The molecule has 1 unspecified atom stereocenters. The first kappa shape index (κ1) is 14.9. The van der Waals surface area contributed by atoms with E-state index < -0.39 is 0 Å². The van der Waals surface area contributed by atoms with E-state index in [1.807, 2.05) is 18.3 Å². The second-order valence-electron chi connectivity index (χ2n) is 5.38. The molecule has 114 valence electrons. The number of para-hydroxylation sites is 1. The van der Waals surface area contributed by atoms with Crippen LogP contribution in [0.3, 0.4) is 0 Å². The van der Waals surface area contributed by atoms with Crippen LogP contribution in [0.1, 0.15) is 26.0 Å². The van der Waals surface area contributed by atoms with Gasteiger partial charge in [0.25, 0.3) is 5.56 Å². The summed E-state index contributed by atoms with van der Waals surface area (Å²) in [4.78, 5) is 19.3. The summed E-state index contributed by atoms with van der Waals surface area (Å²) < 4.78 is 2.12. The third-order valence-corrected chi connectivity index (χ3v) is 4.83. The van der Waals surface area contributed by atoms with Gasteiger partial charge in [0.05, 0.1) is 12.2 Å². The predicted molar refractivity (Wildman–Crippen MR) is 91.5 cm³/mol. The molecule has 0 aliphatic rings. The number of hydrogen-bond acceptors (Lipinski definition) is 3. The quantitative estimate of drug-likeness (QED) is 0.577. The van der Waals surface area contributed by atoms with Gasteiger partial charge in [0.15, 0.2) is 5.16 Å². The first-order chi connectivity index (χ1) is 10.7. The summed E-state index contributed by atoms with van der Waals surface area (Å²) in [6, 6.07) is 11.9. The Balaban J connectivity index is 1.90. The van der Waals surface area contributed by atoms with Gasteiger partial charge in [-0.1, -0.05) is 43.8 Å². The fourth-order valence-electron chi connectivity index (χ4n) is 2.35. The topological polar surface area (TPSA) is 50.7 Å². The molecule has 2 heterocycles. The molecule has 0 spiro atoms. The van der Waals surface area contributed by atoms with Gasteiger partial charge in [-0.25, -0.2) is 4.98 Å². The Kier molecular flexibility index (Phi) is 4.34. The molecule has 2 aromatic heterocycles. The van der Waals surface area contributed by atoms with Gasteiger partial charge in [0, 0.05) is 23.0 Å². The lowest BCUT2D eigenvalue weighted by atomic mass is 10.2. The molecule has 0 radical (unpaired) electrons. The molecule has 0 aliphatic heterocycles. The van der Waals surface area contributed by atoms with Crippen molar-refractivity contribution in [2.75, 3.05) is 0 Å². The van der Waals surface area contributed by atoms with E-state index in [9.17, 15) is 4.79 Å². The van der Waals surface area contributed by atoms with Crippen LogP contribution in [-0.2, 0) is 6.54 Å². The standard InChI is InChI=1S/C17H19N3OS/c1-3-12(2)22-17-18-14(10-16(21)19-17)11-20-9-8-13-6-4-5-7-15(13)20/h4-10,12H,3,11H2,1-2H3,(H,18,19,21). The highest BCUT2D eigenvalue weighted by Crippen LogP contribution is 2.21. The molecular weight excluding hydrogens is 294 g/mol. The molecule has 3 rings (SSSR count). The molecule has 5 heteroatoms. The number of thioether (sulfide) groups is 1. The molecule has 3 aromatic rings. The Morgan fingerprint density at radius 2 is 2.14 bits per heavy atom. The zero-order chi connectivity index (χ0) is 15.5. The zero-order valence-electron chi connectivity index (χ0n) is 12.7. The minimum absolute atomic E-state index is 0.0905. The number of nitrogens with zero attached hydrogens (tertiary/aromatic N) is 2. The van der Waals surface area contributed by atoms with Crippen molar-refractivity contribution in [3.05, 3.63) is 58.6 Å². The highest BCUT2D eigenvalue weighted by atomic mass is 32.2. The van der Waals surface area contributed by atoms with Crippen molar-refractivity contribution < 1.29 is 0 Å². The Labute approximate surface area is 133 Å². The van der Waals surface area contributed by atoms with Crippen molar-refractivity contribution in [1.82, 2.24) is 14.5 Å². The average molecular weight is 313 g/mol. The third-order valence-electron chi connectivity index (χ3n) is 3.67. The molecule has 4 nitrogen and oxygen atoms in total. The second kappa shape index (κ2) is 6.40. The lowest BCUT2D eigenvalue weighted by molar-refractivity contribution is 0.765. The van der Waals surface area contributed by atoms with Gasteiger partial charge in [-0.3, -0.25) is 4.79 Å². The van der Waals surface area contributed by atoms with Crippen molar-refractivity contribution in [1.29, 1.82) is 0 Å². The fraction of sp³-hybridized carbons (Fsp3) is 0.294. The van der Waals surface area contributed by atoms with Crippen LogP contribution in [0.2, 0.25) is 0 Å². The van der Waals surface area contributed by atoms with Crippen LogP contribution in [0.4, 0.5) is 0 Å². The molecule has 1 atom stereocenters. The van der Waals surface area contributed by atoms with Crippen molar-refractivity contribution >= 4 is 22.7 Å². The van der Waals surface area contributed by atoms with Crippen LogP contribution in [-0.4, -0.2) is 19.8 Å². The van der Waals surface area contributed by atoms with Gasteiger partial charge in [-0.05, 0) is 23.9 Å². The number of hydrogen-bond donors (Lipinski definition) is 1. The highest BCUT2D eigenvalue weighted by Gasteiger charge is 2.08. The van der Waals surface area contributed by atoms with E-state index in [1.54, 1.807) is 17.8 Å². The molecule has 0 saturated heterocycles. The SMILES string of the molecule is CCC(C)Sc1nc(Cn2ccc3ccccc32)cc(=O)[nH]1. The summed E-state index contributed by atoms with van der Waals surface area (Å²) >= 11 is 1.61. The maximum absolute atomic E-state index is 11.9. The largest absolute Gasteiger partial charge is 0.341 e. The summed E-state index contributed by atoms with van der Waals surface area (Å²) in [5, 5.41) is 2.33. The number of aromatic nitrogens is 3. The molecular formula is C17H19N3OS. The summed E-state index contributed by atoms with van der Waals surface area (Å²) in [5.74, 6) is 0. The molecule has 0 aliphatic carbocycles. The Morgan fingerprint density at radius 3 is 2.95 bits per heavy atom. The number of rotatable bonds is 5. The fourth-order valence-corrected chi connectivity index (χ4v) is 3.22. The summed E-state index contributed by atoms with van der Waals surface area (Å²) in [5.41, 5.74) is 1.85. The molecule has 0 bridgehead atoms. The van der Waals surface area contributed by atoms with Gasteiger partial charge in [0.2, 0.25) is 0 Å². The average Bonchev–Trinajstić information content (AvgIpc) is 2.90. The van der Waals surface area contributed by atoms with Gasteiger partial charge < -0.3 is 9.55 Å². The Bertz CT molecular complexity index is 837. The molecule has 0 fully saturated rings. The van der Waals surface area contributed by atoms with Gasteiger partial charge in [-0.15, -0.1) is 0 Å². The number of benzene rings is 1. The molecule has 1 aromatic carbocycles.